The van der Waals surface area contributed by atoms with Crippen LogP contribution in [0.15, 0.2) is 18.5 Å². The molecule has 0 saturated carbocycles. The van der Waals surface area contributed by atoms with Gasteiger partial charge in [0.1, 0.15) is 0 Å². The maximum atomic E-state index is 5.38. The molecule has 12 heavy (non-hydrogen) atoms. The standard InChI is InChI=1S/C9H15N3/c1-8-3-6-11-7-9(8)12-5-2-4-10/h3,6-7,12H,2,4-5,10H2,1H3. The van der Waals surface area contributed by atoms with Crippen molar-refractivity contribution < 1.29 is 0 Å². The van der Waals surface area contributed by atoms with Gasteiger partial charge in [-0.1, -0.05) is 0 Å². The van der Waals surface area contributed by atoms with Crippen LogP contribution in [-0.4, -0.2) is 18.1 Å². The molecule has 66 valence electrons. The number of pyridine rings is 1. The summed E-state index contributed by atoms with van der Waals surface area (Å²) in [5, 5.41) is 3.27. The summed E-state index contributed by atoms with van der Waals surface area (Å²) in [6.45, 7) is 3.71. The van der Waals surface area contributed by atoms with Gasteiger partial charge >= 0.3 is 0 Å². The number of aromatic nitrogens is 1. The largest absolute Gasteiger partial charge is 0.384 e. The van der Waals surface area contributed by atoms with Gasteiger partial charge in [-0.05, 0) is 31.5 Å². The van der Waals surface area contributed by atoms with Gasteiger partial charge in [0.2, 0.25) is 0 Å². The molecule has 3 nitrogen and oxygen atoms in total. The highest BCUT2D eigenvalue weighted by Crippen LogP contribution is 2.10. The average Bonchev–Trinajstić information content (AvgIpc) is 2.09. The van der Waals surface area contributed by atoms with E-state index in [0.29, 0.717) is 0 Å². The fourth-order valence-corrected chi connectivity index (χ4v) is 0.974. The highest BCUT2D eigenvalue weighted by atomic mass is 14.9. The van der Waals surface area contributed by atoms with Crippen molar-refractivity contribution in [1.29, 1.82) is 0 Å². The first kappa shape index (κ1) is 9.00. The molecule has 0 aromatic carbocycles. The van der Waals surface area contributed by atoms with E-state index >= 15 is 0 Å². The fourth-order valence-electron chi connectivity index (χ4n) is 0.974. The monoisotopic (exact) mass is 165 g/mol. The lowest BCUT2D eigenvalue weighted by Gasteiger charge is -2.06. The van der Waals surface area contributed by atoms with Gasteiger partial charge in [-0.15, -0.1) is 0 Å². The Morgan fingerprint density at radius 1 is 1.58 bits per heavy atom. The lowest BCUT2D eigenvalue weighted by molar-refractivity contribution is 0.872. The Morgan fingerprint density at radius 2 is 2.42 bits per heavy atom. The molecule has 0 saturated heterocycles. The molecule has 3 heteroatoms. The zero-order valence-electron chi connectivity index (χ0n) is 7.38. The highest BCUT2D eigenvalue weighted by molar-refractivity contribution is 5.47. The minimum atomic E-state index is 0.728. The number of rotatable bonds is 4. The van der Waals surface area contributed by atoms with Gasteiger partial charge in [0, 0.05) is 12.7 Å². The first-order chi connectivity index (χ1) is 5.84. The van der Waals surface area contributed by atoms with Crippen LogP contribution in [0.3, 0.4) is 0 Å². The summed E-state index contributed by atoms with van der Waals surface area (Å²) in [6, 6.07) is 1.99. The zero-order valence-corrected chi connectivity index (χ0v) is 7.38. The second-order valence-electron chi connectivity index (χ2n) is 2.76. The predicted molar refractivity (Wildman–Crippen MR) is 51.1 cm³/mol. The van der Waals surface area contributed by atoms with Crippen molar-refractivity contribution in [3.05, 3.63) is 24.0 Å². The van der Waals surface area contributed by atoms with Gasteiger partial charge in [-0.2, -0.15) is 0 Å². The second-order valence-corrected chi connectivity index (χ2v) is 2.76. The number of nitrogens with one attached hydrogen (secondary N) is 1. The number of anilines is 1. The number of nitrogens with two attached hydrogens (primary N) is 1. The average molecular weight is 165 g/mol. The first-order valence-corrected chi connectivity index (χ1v) is 4.19. The third-order valence-electron chi connectivity index (χ3n) is 1.74. The molecule has 1 rings (SSSR count). The lowest BCUT2D eigenvalue weighted by Crippen LogP contribution is -2.09. The highest BCUT2D eigenvalue weighted by Gasteiger charge is 1.94. The molecule has 0 atom stereocenters. The van der Waals surface area contributed by atoms with E-state index in [0.717, 1.165) is 25.2 Å². The third kappa shape index (κ3) is 2.51. The molecule has 0 spiro atoms. The van der Waals surface area contributed by atoms with Gasteiger partial charge < -0.3 is 11.1 Å². The minimum absolute atomic E-state index is 0.728. The molecule has 0 amide bonds. The normalized spacial score (nSPS) is 9.83. The molecule has 1 heterocycles. The molecule has 1 aromatic heterocycles. The Labute approximate surface area is 73.0 Å². The van der Waals surface area contributed by atoms with Crippen molar-refractivity contribution in [3.8, 4) is 0 Å². The van der Waals surface area contributed by atoms with Crippen LogP contribution in [-0.2, 0) is 0 Å². The van der Waals surface area contributed by atoms with Crippen molar-refractivity contribution in [3.63, 3.8) is 0 Å². The summed E-state index contributed by atoms with van der Waals surface area (Å²) >= 11 is 0. The molecule has 0 bridgehead atoms. The van der Waals surface area contributed by atoms with E-state index in [1.807, 2.05) is 12.3 Å². The van der Waals surface area contributed by atoms with Crippen molar-refractivity contribution in [1.82, 2.24) is 4.98 Å². The van der Waals surface area contributed by atoms with Crippen LogP contribution in [0.4, 0.5) is 5.69 Å². The molecule has 0 unspecified atom stereocenters. The molecule has 0 fully saturated rings. The Balaban J connectivity index is 2.46. The van der Waals surface area contributed by atoms with Crippen LogP contribution in [0, 0.1) is 6.92 Å². The fraction of sp³-hybridized carbons (Fsp3) is 0.444. The Bertz CT molecular complexity index is 235. The number of hydrogen-bond donors (Lipinski definition) is 2. The lowest BCUT2D eigenvalue weighted by atomic mass is 10.2. The quantitative estimate of drug-likeness (QED) is 0.658. The zero-order chi connectivity index (χ0) is 8.81. The van der Waals surface area contributed by atoms with Crippen molar-refractivity contribution >= 4 is 5.69 Å². The van der Waals surface area contributed by atoms with Crippen molar-refractivity contribution in [2.24, 2.45) is 5.73 Å². The Kier molecular flexibility index (Phi) is 3.54. The molecule has 0 aliphatic rings. The van der Waals surface area contributed by atoms with Crippen LogP contribution in [0.2, 0.25) is 0 Å². The number of nitrogens with zero attached hydrogens (tertiary/aromatic N) is 1. The van der Waals surface area contributed by atoms with E-state index in [9.17, 15) is 0 Å². The van der Waals surface area contributed by atoms with Gasteiger partial charge in [0.15, 0.2) is 0 Å². The summed E-state index contributed by atoms with van der Waals surface area (Å²) in [7, 11) is 0. The third-order valence-corrected chi connectivity index (χ3v) is 1.74. The summed E-state index contributed by atoms with van der Waals surface area (Å²) in [4.78, 5) is 4.03. The number of hydrogen-bond acceptors (Lipinski definition) is 3. The molecular formula is C9H15N3. The van der Waals surface area contributed by atoms with Crippen LogP contribution < -0.4 is 11.1 Å². The van der Waals surface area contributed by atoms with Gasteiger partial charge in [0.25, 0.3) is 0 Å². The smallest absolute Gasteiger partial charge is 0.0556 e. The molecule has 3 N–H and O–H groups in total. The van der Waals surface area contributed by atoms with E-state index in [4.69, 9.17) is 5.73 Å². The number of aryl methyl sites for hydroxylation is 1. The van der Waals surface area contributed by atoms with E-state index in [1.54, 1.807) is 6.20 Å². The van der Waals surface area contributed by atoms with Gasteiger partial charge in [-0.25, -0.2) is 0 Å². The van der Waals surface area contributed by atoms with Crippen LogP contribution in [0.25, 0.3) is 0 Å². The predicted octanol–water partition coefficient (Wildman–Crippen LogP) is 1.15. The van der Waals surface area contributed by atoms with Gasteiger partial charge in [0.05, 0.1) is 11.9 Å². The molecule has 0 radical (unpaired) electrons. The molecular weight excluding hydrogens is 150 g/mol. The first-order valence-electron chi connectivity index (χ1n) is 4.19. The molecule has 0 aliphatic heterocycles. The van der Waals surface area contributed by atoms with E-state index in [1.165, 1.54) is 5.56 Å². The van der Waals surface area contributed by atoms with Crippen LogP contribution >= 0.6 is 0 Å². The SMILES string of the molecule is Cc1ccncc1NCCCN. The minimum Gasteiger partial charge on any atom is -0.384 e. The maximum Gasteiger partial charge on any atom is 0.0556 e. The summed E-state index contributed by atoms with van der Waals surface area (Å²) in [5.74, 6) is 0. The summed E-state index contributed by atoms with van der Waals surface area (Å²) in [5.41, 5.74) is 7.70. The Morgan fingerprint density at radius 3 is 3.08 bits per heavy atom. The van der Waals surface area contributed by atoms with E-state index in [-0.39, 0.29) is 0 Å². The molecule has 0 aliphatic carbocycles. The molecule has 1 aromatic rings. The van der Waals surface area contributed by atoms with Crippen molar-refractivity contribution in [2.45, 2.75) is 13.3 Å². The van der Waals surface area contributed by atoms with Crippen LogP contribution in [0.5, 0.6) is 0 Å². The van der Waals surface area contributed by atoms with Gasteiger partial charge in [-0.3, -0.25) is 4.98 Å². The van der Waals surface area contributed by atoms with E-state index in [2.05, 4.69) is 17.2 Å². The second kappa shape index (κ2) is 4.72. The topological polar surface area (TPSA) is 50.9 Å². The van der Waals surface area contributed by atoms with E-state index < -0.39 is 0 Å². The van der Waals surface area contributed by atoms with Crippen LogP contribution in [0.1, 0.15) is 12.0 Å². The summed E-state index contributed by atoms with van der Waals surface area (Å²) < 4.78 is 0. The summed E-state index contributed by atoms with van der Waals surface area (Å²) in [6.07, 6.45) is 4.63. The Hall–Kier alpha value is -1.09. The maximum absolute atomic E-state index is 5.38. The van der Waals surface area contributed by atoms with Crippen molar-refractivity contribution in [2.75, 3.05) is 18.4 Å².